The van der Waals surface area contributed by atoms with Gasteiger partial charge in [0.1, 0.15) is 0 Å². The van der Waals surface area contributed by atoms with Crippen molar-refractivity contribution in [1.82, 2.24) is 0 Å². The first-order valence-corrected chi connectivity index (χ1v) is 7.22. The van der Waals surface area contributed by atoms with E-state index in [1.54, 1.807) is 0 Å². The second-order valence-corrected chi connectivity index (χ2v) is 7.58. The molecule has 3 nitrogen and oxygen atoms in total. The van der Waals surface area contributed by atoms with Crippen molar-refractivity contribution in [3.63, 3.8) is 0 Å². The molecule has 0 radical (unpaired) electrons. The predicted octanol–water partition coefficient (Wildman–Crippen LogP) is 1.33. The SMILES string of the molecule is OP(=S)(S)OCC1CCCO1. The Hall–Kier alpha value is 0.880. The number of thiol groups is 1. The van der Waals surface area contributed by atoms with Crippen LogP contribution in [0.2, 0.25) is 0 Å². The molecule has 1 N–H and O–H groups in total. The standard InChI is InChI=1S/C5H11O3PS2/c6-9(10,11)8-4-5-2-1-3-7-5/h5H,1-4H2,(H2,6,10,11). The van der Waals surface area contributed by atoms with E-state index in [1.165, 1.54) is 0 Å². The van der Waals surface area contributed by atoms with Gasteiger partial charge in [-0.2, -0.15) is 0 Å². The van der Waals surface area contributed by atoms with E-state index >= 15 is 0 Å². The summed E-state index contributed by atoms with van der Waals surface area (Å²) in [4.78, 5) is 8.99. The van der Waals surface area contributed by atoms with E-state index in [0.29, 0.717) is 6.61 Å². The van der Waals surface area contributed by atoms with Gasteiger partial charge in [-0.05, 0) is 24.6 Å². The molecule has 0 bridgehead atoms. The molecule has 6 heteroatoms. The van der Waals surface area contributed by atoms with Crippen LogP contribution in [0.25, 0.3) is 0 Å². The summed E-state index contributed by atoms with van der Waals surface area (Å²) in [6.07, 6.45) is 2.16. The van der Waals surface area contributed by atoms with Gasteiger partial charge < -0.3 is 14.2 Å². The molecule has 66 valence electrons. The highest BCUT2D eigenvalue weighted by Crippen LogP contribution is 2.47. The van der Waals surface area contributed by atoms with Crippen molar-refractivity contribution < 1.29 is 14.2 Å². The molecular weight excluding hydrogens is 203 g/mol. The third-order valence-electron chi connectivity index (χ3n) is 1.45. The zero-order chi connectivity index (χ0) is 8.32. The van der Waals surface area contributed by atoms with Gasteiger partial charge in [-0.15, -0.1) is 0 Å². The van der Waals surface area contributed by atoms with Gasteiger partial charge in [0.05, 0.1) is 12.7 Å². The second-order valence-electron chi connectivity index (χ2n) is 2.42. The Bertz CT molecular complexity index is 163. The fourth-order valence-electron chi connectivity index (χ4n) is 0.956. The van der Waals surface area contributed by atoms with Crippen LogP contribution in [0.1, 0.15) is 12.8 Å². The Morgan fingerprint density at radius 1 is 1.82 bits per heavy atom. The van der Waals surface area contributed by atoms with E-state index in [2.05, 4.69) is 24.1 Å². The maximum Gasteiger partial charge on any atom is 0.241 e. The smallest absolute Gasteiger partial charge is 0.241 e. The van der Waals surface area contributed by atoms with Crippen molar-refractivity contribution in [1.29, 1.82) is 0 Å². The summed E-state index contributed by atoms with van der Waals surface area (Å²) in [5.74, 6) is 0. The molecular formula is C5H11O3PS2. The minimum absolute atomic E-state index is 0.108. The lowest BCUT2D eigenvalue weighted by Gasteiger charge is -2.12. The van der Waals surface area contributed by atoms with Crippen LogP contribution in [-0.4, -0.2) is 24.2 Å². The summed E-state index contributed by atoms with van der Waals surface area (Å²) in [5, 5.41) is 0. The van der Waals surface area contributed by atoms with Crippen molar-refractivity contribution in [2.24, 2.45) is 0 Å². The van der Waals surface area contributed by atoms with Crippen molar-refractivity contribution in [3.05, 3.63) is 0 Å². The number of ether oxygens (including phenoxy) is 1. The molecule has 0 saturated carbocycles. The molecule has 1 saturated heterocycles. The fraction of sp³-hybridized carbons (Fsp3) is 1.00. The van der Waals surface area contributed by atoms with Gasteiger partial charge >= 0.3 is 0 Å². The topological polar surface area (TPSA) is 38.7 Å². The Morgan fingerprint density at radius 3 is 3.00 bits per heavy atom. The highest BCUT2D eigenvalue weighted by molar-refractivity contribution is 8.59. The van der Waals surface area contributed by atoms with Gasteiger partial charge in [-0.25, -0.2) is 0 Å². The lowest BCUT2D eigenvalue weighted by atomic mass is 10.2. The average molecular weight is 214 g/mol. The molecule has 2 unspecified atom stereocenters. The first-order valence-electron chi connectivity index (χ1n) is 3.39. The van der Waals surface area contributed by atoms with Crippen LogP contribution in [0.5, 0.6) is 0 Å². The van der Waals surface area contributed by atoms with Gasteiger partial charge in [0.25, 0.3) is 0 Å². The van der Waals surface area contributed by atoms with Crippen LogP contribution < -0.4 is 0 Å². The molecule has 1 heterocycles. The highest BCUT2D eigenvalue weighted by atomic mass is 32.9. The lowest BCUT2D eigenvalue weighted by molar-refractivity contribution is 0.0697. The lowest BCUT2D eigenvalue weighted by Crippen LogP contribution is -2.11. The Balaban J connectivity index is 2.16. The largest absolute Gasteiger partial charge is 0.376 e. The summed E-state index contributed by atoms with van der Waals surface area (Å²) in [6, 6.07) is 0. The Morgan fingerprint density at radius 2 is 2.55 bits per heavy atom. The van der Waals surface area contributed by atoms with Crippen molar-refractivity contribution >= 4 is 29.7 Å². The van der Waals surface area contributed by atoms with Crippen LogP contribution in [0.3, 0.4) is 0 Å². The van der Waals surface area contributed by atoms with Gasteiger partial charge in [-0.3, -0.25) is 0 Å². The molecule has 0 aliphatic carbocycles. The van der Waals surface area contributed by atoms with Crippen LogP contribution >= 0.6 is 17.9 Å². The molecule has 11 heavy (non-hydrogen) atoms. The minimum Gasteiger partial charge on any atom is -0.376 e. The van der Waals surface area contributed by atoms with Crippen molar-refractivity contribution in [3.8, 4) is 0 Å². The number of hydrogen-bond donors (Lipinski definition) is 2. The maximum absolute atomic E-state index is 8.99. The van der Waals surface area contributed by atoms with Gasteiger partial charge in [0.15, 0.2) is 0 Å². The van der Waals surface area contributed by atoms with Gasteiger partial charge in [0.2, 0.25) is 5.69 Å². The molecule has 1 aliphatic rings. The van der Waals surface area contributed by atoms with E-state index in [0.717, 1.165) is 19.4 Å². The van der Waals surface area contributed by atoms with E-state index in [1.807, 2.05) is 0 Å². The Labute approximate surface area is 76.4 Å². The van der Waals surface area contributed by atoms with Crippen LogP contribution in [0.15, 0.2) is 0 Å². The minimum atomic E-state index is -2.77. The van der Waals surface area contributed by atoms with E-state index < -0.39 is 5.69 Å². The third-order valence-corrected chi connectivity index (χ3v) is 2.60. The second kappa shape index (κ2) is 4.21. The molecule has 0 aromatic carbocycles. The first kappa shape index (κ1) is 9.96. The summed E-state index contributed by atoms with van der Waals surface area (Å²) in [7, 11) is 0. The predicted molar refractivity (Wildman–Crippen MR) is 50.4 cm³/mol. The zero-order valence-corrected chi connectivity index (χ0v) is 8.58. The van der Waals surface area contributed by atoms with E-state index in [9.17, 15) is 0 Å². The summed E-state index contributed by atoms with van der Waals surface area (Å²) in [5.41, 5.74) is -2.77. The van der Waals surface area contributed by atoms with Crippen LogP contribution in [0, 0.1) is 0 Å². The van der Waals surface area contributed by atoms with Crippen molar-refractivity contribution in [2.75, 3.05) is 13.2 Å². The molecule has 1 aliphatic heterocycles. The van der Waals surface area contributed by atoms with Gasteiger partial charge in [-0.1, -0.05) is 12.2 Å². The quantitative estimate of drug-likeness (QED) is 0.549. The molecule has 2 atom stereocenters. The summed E-state index contributed by atoms with van der Waals surface area (Å²) < 4.78 is 10.2. The molecule has 0 aromatic rings. The molecule has 1 rings (SSSR count). The normalized spacial score (nSPS) is 30.2. The molecule has 0 amide bonds. The number of rotatable bonds is 3. The highest BCUT2D eigenvalue weighted by Gasteiger charge is 2.18. The summed E-state index contributed by atoms with van der Waals surface area (Å²) in [6.45, 7) is 1.16. The fourth-order valence-corrected chi connectivity index (χ4v) is 1.70. The number of hydrogen-bond acceptors (Lipinski definition) is 3. The first-order chi connectivity index (χ1) is 5.08. The Kier molecular flexibility index (Phi) is 3.81. The van der Waals surface area contributed by atoms with Crippen LogP contribution in [0.4, 0.5) is 0 Å². The van der Waals surface area contributed by atoms with Gasteiger partial charge in [0, 0.05) is 6.61 Å². The maximum atomic E-state index is 8.99. The molecule has 1 fully saturated rings. The third kappa shape index (κ3) is 4.45. The van der Waals surface area contributed by atoms with E-state index in [-0.39, 0.29) is 6.10 Å². The average Bonchev–Trinajstić information content (AvgIpc) is 2.32. The molecule has 0 aromatic heterocycles. The van der Waals surface area contributed by atoms with Crippen molar-refractivity contribution in [2.45, 2.75) is 18.9 Å². The summed E-state index contributed by atoms with van der Waals surface area (Å²) >= 11 is 8.30. The monoisotopic (exact) mass is 214 g/mol. The van der Waals surface area contributed by atoms with E-state index in [4.69, 9.17) is 14.2 Å². The zero-order valence-electron chi connectivity index (χ0n) is 5.97. The molecule has 0 spiro atoms. The van der Waals surface area contributed by atoms with Crippen LogP contribution in [-0.2, 0) is 21.1 Å².